The number of ether oxygens (including phenoxy) is 2. The van der Waals surface area contributed by atoms with Gasteiger partial charge in [-0.3, -0.25) is 25.8 Å². The minimum Gasteiger partial charge on any atom is -0.497 e. The molecule has 0 bridgehead atoms. The third kappa shape index (κ3) is 5.16. The zero-order valence-electron chi connectivity index (χ0n) is 17.3. The van der Waals surface area contributed by atoms with E-state index in [1.165, 1.54) is 11.3 Å². The number of halogens is 1. The fourth-order valence-corrected chi connectivity index (χ4v) is 4.72. The second kappa shape index (κ2) is 10.0. The van der Waals surface area contributed by atoms with E-state index in [0.29, 0.717) is 21.4 Å². The molecule has 0 atom stereocenters. The molecule has 0 unspecified atom stereocenters. The average Bonchev–Trinajstić information content (AvgIpc) is 3.17. The fourth-order valence-electron chi connectivity index (χ4n) is 3.14. The lowest BCUT2D eigenvalue weighted by Gasteiger charge is -2.12. The Bertz CT molecular complexity index is 1370. The van der Waals surface area contributed by atoms with E-state index in [2.05, 4.69) is 16.2 Å². The van der Waals surface area contributed by atoms with Gasteiger partial charge in [0.05, 0.1) is 12.1 Å². The van der Waals surface area contributed by atoms with Crippen LogP contribution in [0.4, 0.5) is 0 Å². The lowest BCUT2D eigenvalue weighted by atomic mass is 10.1. The molecule has 7 nitrogen and oxygen atoms in total. The molecule has 0 fully saturated rings. The van der Waals surface area contributed by atoms with Crippen molar-refractivity contribution in [3.8, 4) is 11.5 Å². The van der Waals surface area contributed by atoms with E-state index in [9.17, 15) is 9.59 Å². The van der Waals surface area contributed by atoms with Gasteiger partial charge < -0.3 is 9.47 Å². The first kappa shape index (κ1) is 22.8. The number of hydrazine groups is 1. The first-order valence-electron chi connectivity index (χ1n) is 9.73. The summed E-state index contributed by atoms with van der Waals surface area (Å²) in [7, 11) is 1.56. The highest BCUT2D eigenvalue weighted by Gasteiger charge is 2.18. The molecule has 3 aromatic carbocycles. The summed E-state index contributed by atoms with van der Waals surface area (Å²) in [6.45, 7) is -0.235. The number of fused-ring (bicyclic) bond motifs is 2. The van der Waals surface area contributed by atoms with Gasteiger partial charge in [-0.05, 0) is 41.9 Å². The smallest absolute Gasteiger partial charge is 0.276 e. The molecule has 0 radical (unpaired) electrons. The van der Waals surface area contributed by atoms with Gasteiger partial charge >= 0.3 is 0 Å². The predicted molar refractivity (Wildman–Crippen MR) is 134 cm³/mol. The highest BCUT2D eigenvalue weighted by atomic mass is 35.5. The summed E-state index contributed by atoms with van der Waals surface area (Å²) in [6.07, 6.45) is 0. The van der Waals surface area contributed by atoms with Crippen molar-refractivity contribution < 1.29 is 19.1 Å². The van der Waals surface area contributed by atoms with Crippen LogP contribution < -0.4 is 25.6 Å². The highest BCUT2D eigenvalue weighted by molar-refractivity contribution is 7.80. The number of thiocarbonyl (C=S) groups is 1. The normalized spacial score (nSPS) is 10.6. The van der Waals surface area contributed by atoms with Crippen LogP contribution in [-0.2, 0) is 4.79 Å². The lowest BCUT2D eigenvalue weighted by Crippen LogP contribution is -2.49. The third-order valence-corrected chi connectivity index (χ3v) is 6.55. The number of nitrogens with one attached hydrogen (secondary N) is 3. The van der Waals surface area contributed by atoms with Gasteiger partial charge in [0.1, 0.15) is 16.4 Å². The second-order valence-corrected chi connectivity index (χ2v) is 8.67. The quantitative estimate of drug-likeness (QED) is 0.278. The Balaban J connectivity index is 1.31. The summed E-state index contributed by atoms with van der Waals surface area (Å²) in [4.78, 5) is 25.0. The van der Waals surface area contributed by atoms with Crippen LogP contribution in [-0.4, -0.2) is 30.6 Å². The van der Waals surface area contributed by atoms with Crippen LogP contribution in [0.25, 0.3) is 20.9 Å². The van der Waals surface area contributed by atoms with Crippen LogP contribution in [0.3, 0.4) is 0 Å². The van der Waals surface area contributed by atoms with Crippen molar-refractivity contribution in [3.63, 3.8) is 0 Å². The summed E-state index contributed by atoms with van der Waals surface area (Å²) >= 11 is 12.7. The van der Waals surface area contributed by atoms with Gasteiger partial charge in [-0.1, -0.05) is 48.0 Å². The molecule has 33 heavy (non-hydrogen) atoms. The Morgan fingerprint density at radius 1 is 1.03 bits per heavy atom. The molecule has 2 amide bonds. The van der Waals surface area contributed by atoms with Crippen LogP contribution in [0, 0.1) is 0 Å². The Morgan fingerprint density at radius 3 is 2.64 bits per heavy atom. The van der Waals surface area contributed by atoms with Crippen molar-refractivity contribution in [2.45, 2.75) is 0 Å². The maximum atomic E-state index is 12.6. The minimum absolute atomic E-state index is 0.0791. The molecule has 0 aliphatic heterocycles. The zero-order valence-corrected chi connectivity index (χ0v) is 19.7. The van der Waals surface area contributed by atoms with Crippen molar-refractivity contribution in [2.75, 3.05) is 13.7 Å². The fraction of sp³-hybridized carbons (Fsp3) is 0.0870. The minimum atomic E-state index is -0.487. The summed E-state index contributed by atoms with van der Waals surface area (Å²) in [5.41, 5.74) is 4.89. The Hall–Kier alpha value is -3.40. The molecule has 4 rings (SSSR count). The number of rotatable bonds is 5. The lowest BCUT2D eigenvalue weighted by molar-refractivity contribution is -0.123. The zero-order chi connectivity index (χ0) is 23.4. The molecular formula is C23H18ClN3O4S2. The van der Waals surface area contributed by atoms with Crippen molar-refractivity contribution in [2.24, 2.45) is 0 Å². The van der Waals surface area contributed by atoms with E-state index in [1.807, 2.05) is 36.4 Å². The standard InChI is InChI=1S/C23H18ClN3O4S2/c1-30-14-9-10-16-18(11-14)33-21(20(16)24)22(29)25-23(32)27-26-19(28)12-31-17-8-4-6-13-5-2-3-7-15(13)17/h2-11H,12H2,1H3,(H,26,28)(H2,25,27,29,32). The van der Waals surface area contributed by atoms with Gasteiger partial charge in [-0.2, -0.15) is 0 Å². The van der Waals surface area contributed by atoms with Gasteiger partial charge in [0, 0.05) is 15.5 Å². The van der Waals surface area contributed by atoms with E-state index in [0.717, 1.165) is 20.9 Å². The SMILES string of the molecule is COc1ccc2c(Cl)c(C(=O)NC(=S)NNC(=O)COc3cccc4ccccc34)sc2c1. The molecule has 3 N–H and O–H groups in total. The van der Waals surface area contributed by atoms with Gasteiger partial charge in [0.25, 0.3) is 11.8 Å². The summed E-state index contributed by atoms with van der Waals surface area (Å²) in [6, 6.07) is 18.7. The molecule has 1 heterocycles. The number of methoxy groups -OCH3 is 1. The van der Waals surface area contributed by atoms with Crippen LogP contribution in [0.15, 0.2) is 60.7 Å². The molecule has 0 saturated carbocycles. The van der Waals surface area contributed by atoms with E-state index in [4.69, 9.17) is 33.3 Å². The molecule has 0 aliphatic rings. The average molecular weight is 500 g/mol. The van der Waals surface area contributed by atoms with E-state index in [-0.39, 0.29) is 11.7 Å². The Kier molecular flexibility index (Phi) is 6.93. The summed E-state index contributed by atoms with van der Waals surface area (Å²) < 4.78 is 11.6. The third-order valence-electron chi connectivity index (χ3n) is 4.69. The topological polar surface area (TPSA) is 88.7 Å². The van der Waals surface area contributed by atoms with Crippen LogP contribution in [0.1, 0.15) is 9.67 Å². The molecule has 0 aliphatic carbocycles. The maximum Gasteiger partial charge on any atom is 0.276 e. The highest BCUT2D eigenvalue weighted by Crippen LogP contribution is 2.37. The number of carbonyl (C=O) groups excluding carboxylic acids is 2. The number of benzene rings is 3. The summed E-state index contributed by atoms with van der Waals surface area (Å²) in [5, 5.41) is 5.40. The number of hydrogen-bond acceptors (Lipinski definition) is 6. The van der Waals surface area contributed by atoms with Crippen LogP contribution in [0.5, 0.6) is 11.5 Å². The summed E-state index contributed by atoms with van der Waals surface area (Å²) in [5.74, 6) is 0.304. The van der Waals surface area contributed by atoms with Crippen molar-refractivity contribution in [1.82, 2.24) is 16.2 Å². The van der Waals surface area contributed by atoms with E-state index >= 15 is 0 Å². The monoisotopic (exact) mass is 499 g/mol. The van der Waals surface area contributed by atoms with Crippen molar-refractivity contribution in [1.29, 1.82) is 0 Å². The van der Waals surface area contributed by atoms with Gasteiger partial charge in [-0.15, -0.1) is 11.3 Å². The number of hydrogen-bond donors (Lipinski definition) is 3. The van der Waals surface area contributed by atoms with Gasteiger partial charge in [-0.25, -0.2) is 0 Å². The number of carbonyl (C=O) groups is 2. The molecular weight excluding hydrogens is 482 g/mol. The van der Waals surface area contributed by atoms with Gasteiger partial charge in [0.2, 0.25) is 0 Å². The maximum absolute atomic E-state index is 12.6. The van der Waals surface area contributed by atoms with Gasteiger partial charge in [0.15, 0.2) is 11.7 Å². The largest absolute Gasteiger partial charge is 0.497 e. The molecule has 1 aromatic heterocycles. The molecule has 0 spiro atoms. The molecule has 4 aromatic rings. The number of thiophene rings is 1. The predicted octanol–water partition coefficient (Wildman–Crippen LogP) is 4.43. The molecule has 10 heteroatoms. The van der Waals surface area contributed by atoms with Crippen LogP contribution >= 0.6 is 35.2 Å². The van der Waals surface area contributed by atoms with E-state index < -0.39 is 11.8 Å². The number of amides is 2. The first-order chi connectivity index (χ1) is 16.0. The Labute approximate surface area is 203 Å². The molecule has 0 saturated heterocycles. The van der Waals surface area contributed by atoms with Crippen molar-refractivity contribution in [3.05, 3.63) is 70.6 Å². The van der Waals surface area contributed by atoms with Crippen molar-refractivity contribution >= 4 is 72.9 Å². The molecule has 168 valence electrons. The van der Waals surface area contributed by atoms with Crippen LogP contribution in [0.2, 0.25) is 5.02 Å². The van der Waals surface area contributed by atoms with E-state index in [1.54, 1.807) is 31.4 Å². The first-order valence-corrected chi connectivity index (χ1v) is 11.3. The second-order valence-electron chi connectivity index (χ2n) is 6.83. The Morgan fingerprint density at radius 2 is 1.82 bits per heavy atom.